The summed E-state index contributed by atoms with van der Waals surface area (Å²) in [4.78, 5) is 14.1. The van der Waals surface area contributed by atoms with Crippen molar-refractivity contribution in [1.29, 1.82) is 0 Å². The maximum Gasteiger partial charge on any atom is 0.295 e. The van der Waals surface area contributed by atoms with E-state index >= 15 is 0 Å². The molecule has 0 saturated carbocycles. The van der Waals surface area contributed by atoms with E-state index in [0.29, 0.717) is 11.7 Å². The lowest BCUT2D eigenvalue weighted by molar-refractivity contribution is -0.384. The number of halogens is 1. The van der Waals surface area contributed by atoms with Crippen LogP contribution in [0, 0.1) is 22.9 Å². The average Bonchev–Trinajstić information content (AvgIpc) is 2.73. The number of benzene rings is 1. The monoisotopic (exact) mass is 251 g/mol. The zero-order valence-corrected chi connectivity index (χ0v) is 9.51. The van der Waals surface area contributed by atoms with Crippen LogP contribution < -0.4 is 5.32 Å². The largest absolute Gasteiger partial charge is 0.444 e. The Kier molecular flexibility index (Phi) is 3.22. The van der Waals surface area contributed by atoms with Gasteiger partial charge in [-0.15, -0.1) is 0 Å². The van der Waals surface area contributed by atoms with Crippen LogP contribution in [0.1, 0.15) is 11.7 Å². The van der Waals surface area contributed by atoms with Gasteiger partial charge in [-0.3, -0.25) is 10.1 Å². The zero-order valence-electron chi connectivity index (χ0n) is 9.51. The minimum Gasteiger partial charge on any atom is -0.444 e. The third kappa shape index (κ3) is 2.62. The molecule has 6 nitrogen and oxygen atoms in total. The molecule has 0 spiro atoms. The van der Waals surface area contributed by atoms with E-state index in [9.17, 15) is 14.5 Å². The lowest BCUT2D eigenvalue weighted by Gasteiger charge is -2.04. The van der Waals surface area contributed by atoms with Crippen molar-refractivity contribution >= 4 is 11.4 Å². The highest BCUT2D eigenvalue weighted by Gasteiger charge is 2.15. The third-order valence-corrected chi connectivity index (χ3v) is 2.26. The molecule has 1 aromatic heterocycles. The minimum atomic E-state index is -0.654. The van der Waals surface area contributed by atoms with Crippen molar-refractivity contribution < 1.29 is 13.7 Å². The second-order valence-electron chi connectivity index (χ2n) is 3.64. The van der Waals surface area contributed by atoms with Crippen molar-refractivity contribution in [3.63, 3.8) is 0 Å². The summed E-state index contributed by atoms with van der Waals surface area (Å²) in [5.74, 6) is 0.408. The van der Waals surface area contributed by atoms with E-state index in [4.69, 9.17) is 4.42 Å². The Bertz CT molecular complexity index is 583. The van der Waals surface area contributed by atoms with Crippen LogP contribution in [0.4, 0.5) is 15.8 Å². The quantitative estimate of drug-likeness (QED) is 0.667. The van der Waals surface area contributed by atoms with Crippen LogP contribution in [0.15, 0.2) is 28.8 Å². The number of aromatic nitrogens is 1. The van der Waals surface area contributed by atoms with E-state index in [1.165, 1.54) is 6.07 Å². The lowest BCUT2D eigenvalue weighted by atomic mass is 10.2. The summed E-state index contributed by atoms with van der Waals surface area (Å²) in [5, 5.41) is 13.5. The summed E-state index contributed by atoms with van der Waals surface area (Å²) >= 11 is 0. The topological polar surface area (TPSA) is 81.2 Å². The number of hydrogen-bond donors (Lipinski definition) is 1. The normalized spacial score (nSPS) is 10.3. The first-order valence-corrected chi connectivity index (χ1v) is 5.15. The molecule has 0 aliphatic rings. The summed E-state index contributed by atoms with van der Waals surface area (Å²) in [6.45, 7) is 1.94. The predicted molar refractivity (Wildman–Crippen MR) is 61.6 cm³/mol. The van der Waals surface area contributed by atoms with Crippen molar-refractivity contribution in [3.8, 4) is 0 Å². The van der Waals surface area contributed by atoms with Gasteiger partial charge in [0.15, 0.2) is 0 Å². The highest BCUT2D eigenvalue weighted by atomic mass is 19.1. The predicted octanol–water partition coefficient (Wildman–Crippen LogP) is 2.64. The number of hydrogen-bond acceptors (Lipinski definition) is 5. The number of nitrogens with one attached hydrogen (secondary N) is 1. The maximum atomic E-state index is 12.9. The van der Waals surface area contributed by atoms with Gasteiger partial charge in [-0.25, -0.2) is 9.37 Å². The molecule has 0 atom stereocenters. The lowest BCUT2D eigenvalue weighted by Crippen LogP contribution is -2.03. The number of anilines is 1. The molecule has 1 aromatic carbocycles. The Hall–Kier alpha value is -2.44. The van der Waals surface area contributed by atoms with Gasteiger partial charge in [-0.05, 0) is 19.1 Å². The van der Waals surface area contributed by atoms with Crippen molar-refractivity contribution in [2.45, 2.75) is 13.5 Å². The van der Waals surface area contributed by atoms with Crippen LogP contribution in [0.2, 0.25) is 0 Å². The fraction of sp³-hybridized carbons (Fsp3) is 0.182. The summed E-state index contributed by atoms with van der Waals surface area (Å²) in [6.07, 6.45) is 1.55. The van der Waals surface area contributed by atoms with E-state index < -0.39 is 10.7 Å². The standard InChI is InChI=1S/C11H10FN3O3/c1-7-5-14-11(18-7)6-13-9-3-2-8(12)4-10(9)15(16)17/h2-5,13H,6H2,1H3. The Morgan fingerprint density at radius 3 is 2.94 bits per heavy atom. The van der Waals surface area contributed by atoms with Crippen molar-refractivity contribution in [2.75, 3.05) is 5.32 Å². The minimum absolute atomic E-state index is 0.195. The molecule has 7 heteroatoms. The second-order valence-corrected chi connectivity index (χ2v) is 3.64. The molecular formula is C11H10FN3O3. The molecule has 2 rings (SSSR count). The van der Waals surface area contributed by atoms with Crippen LogP contribution >= 0.6 is 0 Å². The Balaban J connectivity index is 2.16. The van der Waals surface area contributed by atoms with Gasteiger partial charge in [0.1, 0.15) is 17.3 Å². The van der Waals surface area contributed by atoms with Crippen LogP contribution in [0.5, 0.6) is 0 Å². The average molecular weight is 251 g/mol. The number of rotatable bonds is 4. The first-order valence-electron chi connectivity index (χ1n) is 5.15. The van der Waals surface area contributed by atoms with Gasteiger partial charge in [-0.2, -0.15) is 0 Å². The summed E-state index contributed by atoms with van der Waals surface area (Å²) in [5.41, 5.74) is -0.101. The van der Waals surface area contributed by atoms with E-state index in [-0.39, 0.29) is 17.9 Å². The van der Waals surface area contributed by atoms with Crippen molar-refractivity contribution in [1.82, 2.24) is 4.98 Å². The number of aryl methyl sites for hydroxylation is 1. The molecule has 94 valence electrons. The SMILES string of the molecule is Cc1cnc(CNc2ccc(F)cc2[N+](=O)[O-])o1. The van der Waals surface area contributed by atoms with Gasteiger partial charge in [-0.1, -0.05) is 0 Å². The fourth-order valence-electron chi connectivity index (χ4n) is 1.46. The highest BCUT2D eigenvalue weighted by molar-refractivity contribution is 5.61. The van der Waals surface area contributed by atoms with Crippen molar-refractivity contribution in [2.24, 2.45) is 0 Å². The Morgan fingerprint density at radius 1 is 1.56 bits per heavy atom. The Morgan fingerprint density at radius 2 is 2.33 bits per heavy atom. The molecular weight excluding hydrogens is 241 g/mol. The molecule has 1 N–H and O–H groups in total. The van der Waals surface area contributed by atoms with E-state index in [2.05, 4.69) is 10.3 Å². The highest BCUT2D eigenvalue weighted by Crippen LogP contribution is 2.25. The molecule has 0 fully saturated rings. The fourth-order valence-corrected chi connectivity index (χ4v) is 1.46. The molecule has 18 heavy (non-hydrogen) atoms. The first kappa shape index (κ1) is 12.0. The molecule has 0 unspecified atom stereocenters. The number of nitro groups is 1. The molecule has 0 amide bonds. The molecule has 0 aliphatic carbocycles. The van der Waals surface area contributed by atoms with E-state index in [1.807, 2.05) is 0 Å². The third-order valence-electron chi connectivity index (χ3n) is 2.26. The van der Waals surface area contributed by atoms with Gasteiger partial charge in [0.05, 0.1) is 23.7 Å². The van der Waals surface area contributed by atoms with Crippen LogP contribution in [0.25, 0.3) is 0 Å². The molecule has 0 saturated heterocycles. The second kappa shape index (κ2) is 4.82. The number of nitrogens with zero attached hydrogens (tertiary/aromatic N) is 2. The smallest absolute Gasteiger partial charge is 0.295 e. The Labute approximate surface area is 102 Å². The number of oxazole rings is 1. The van der Waals surface area contributed by atoms with Crippen LogP contribution in [0.3, 0.4) is 0 Å². The van der Waals surface area contributed by atoms with Crippen molar-refractivity contribution in [3.05, 3.63) is 52.0 Å². The molecule has 2 aromatic rings. The maximum absolute atomic E-state index is 12.9. The zero-order chi connectivity index (χ0) is 13.1. The van der Waals surface area contributed by atoms with Gasteiger partial charge < -0.3 is 9.73 Å². The summed E-state index contributed by atoms with van der Waals surface area (Å²) < 4.78 is 18.1. The van der Waals surface area contributed by atoms with Gasteiger partial charge in [0.2, 0.25) is 5.89 Å². The molecule has 1 heterocycles. The van der Waals surface area contributed by atoms with E-state index in [0.717, 1.165) is 12.1 Å². The van der Waals surface area contributed by atoms with Gasteiger partial charge in [0.25, 0.3) is 5.69 Å². The van der Waals surface area contributed by atoms with E-state index in [1.54, 1.807) is 13.1 Å². The molecule has 0 bridgehead atoms. The molecule has 0 aliphatic heterocycles. The summed E-state index contributed by atoms with van der Waals surface area (Å²) in [7, 11) is 0. The van der Waals surface area contributed by atoms with Gasteiger partial charge >= 0.3 is 0 Å². The summed E-state index contributed by atoms with van der Waals surface area (Å²) in [6, 6.07) is 3.32. The molecule has 0 radical (unpaired) electrons. The van der Waals surface area contributed by atoms with Gasteiger partial charge in [0, 0.05) is 0 Å². The number of nitro benzene ring substituents is 1. The first-order chi connectivity index (χ1) is 8.56. The van der Waals surface area contributed by atoms with Crippen LogP contribution in [-0.2, 0) is 6.54 Å². The van der Waals surface area contributed by atoms with Crippen LogP contribution in [-0.4, -0.2) is 9.91 Å².